The third-order valence-corrected chi connectivity index (χ3v) is 3.37. The van der Waals surface area contributed by atoms with Gasteiger partial charge in [-0.2, -0.15) is 0 Å². The van der Waals surface area contributed by atoms with Crippen molar-refractivity contribution in [2.75, 3.05) is 5.32 Å². The second-order valence-corrected chi connectivity index (χ2v) is 4.90. The highest BCUT2D eigenvalue weighted by Gasteiger charge is 2.15. The molecule has 2 aromatic heterocycles. The molecule has 0 fully saturated rings. The number of rotatable bonds is 3. The zero-order chi connectivity index (χ0) is 15.7. The Kier molecular flexibility index (Phi) is 3.48. The average molecular weight is 317 g/mol. The smallest absolute Gasteiger partial charge is 0.272 e. The summed E-state index contributed by atoms with van der Waals surface area (Å²) >= 11 is 5.95. The molecule has 3 rings (SSSR count). The molecule has 0 aliphatic carbocycles. The van der Waals surface area contributed by atoms with E-state index in [4.69, 9.17) is 11.6 Å². The Morgan fingerprint density at radius 2 is 2.14 bits per heavy atom. The summed E-state index contributed by atoms with van der Waals surface area (Å²) in [5.41, 5.74) is 1.68. The van der Waals surface area contributed by atoms with Crippen molar-refractivity contribution in [3.63, 3.8) is 0 Å². The number of nitrogens with zero attached hydrogens (tertiary/aromatic N) is 2. The first kappa shape index (κ1) is 14.0. The van der Waals surface area contributed by atoms with Gasteiger partial charge in [-0.15, -0.1) is 0 Å². The number of carbonyl (C=O) groups excluding carboxylic acids is 1. The third-order valence-electron chi connectivity index (χ3n) is 3.04. The number of nitrogens with one attached hydrogen (secondary N) is 2. The van der Waals surface area contributed by atoms with Crippen LogP contribution in [-0.2, 0) is 0 Å². The molecule has 0 aliphatic heterocycles. The molecule has 110 valence electrons. The molecule has 7 nitrogen and oxygen atoms in total. The van der Waals surface area contributed by atoms with Crippen LogP contribution in [0.15, 0.2) is 42.6 Å². The molecule has 1 aromatic carbocycles. The van der Waals surface area contributed by atoms with Gasteiger partial charge in [0, 0.05) is 18.3 Å². The highest BCUT2D eigenvalue weighted by molar-refractivity contribution is 6.34. The van der Waals surface area contributed by atoms with Crippen molar-refractivity contribution >= 4 is 39.9 Å². The zero-order valence-electron chi connectivity index (χ0n) is 11.0. The van der Waals surface area contributed by atoms with Gasteiger partial charge in [0.1, 0.15) is 5.69 Å². The molecule has 3 aromatic rings. The number of anilines is 1. The number of non-ortho nitro benzene ring substituents is 1. The maximum atomic E-state index is 12.2. The third kappa shape index (κ3) is 2.61. The molecule has 0 saturated heterocycles. The molecular formula is C14H9ClN4O3. The van der Waals surface area contributed by atoms with Crippen molar-refractivity contribution in [2.45, 2.75) is 0 Å². The van der Waals surface area contributed by atoms with Gasteiger partial charge in [-0.1, -0.05) is 11.6 Å². The fraction of sp³-hybridized carbons (Fsp3) is 0. The van der Waals surface area contributed by atoms with Crippen molar-refractivity contribution in [1.82, 2.24) is 9.97 Å². The lowest BCUT2D eigenvalue weighted by Crippen LogP contribution is -2.12. The van der Waals surface area contributed by atoms with Gasteiger partial charge in [-0.25, -0.2) is 0 Å². The van der Waals surface area contributed by atoms with Crippen molar-refractivity contribution < 1.29 is 9.72 Å². The highest BCUT2D eigenvalue weighted by atomic mass is 35.5. The number of amides is 1. The first-order chi connectivity index (χ1) is 10.5. The number of nitro groups is 1. The van der Waals surface area contributed by atoms with Crippen LogP contribution in [0.3, 0.4) is 0 Å². The number of aromatic nitrogens is 2. The number of pyridine rings is 1. The molecule has 8 heteroatoms. The Morgan fingerprint density at radius 1 is 1.32 bits per heavy atom. The van der Waals surface area contributed by atoms with Gasteiger partial charge in [0.25, 0.3) is 11.6 Å². The maximum Gasteiger partial charge on any atom is 0.272 e. The van der Waals surface area contributed by atoms with Crippen molar-refractivity contribution in [1.29, 1.82) is 0 Å². The molecule has 0 aliphatic rings. The highest BCUT2D eigenvalue weighted by Crippen LogP contribution is 2.27. The SMILES string of the molecule is O=C(Nc1cc([N+](=O)[O-])ccc1Cl)c1cc2ncccc2[nH]1. The number of fused-ring (bicyclic) bond motifs is 1. The second kappa shape index (κ2) is 5.45. The molecular weight excluding hydrogens is 308 g/mol. The van der Waals surface area contributed by atoms with Crippen LogP contribution in [0.2, 0.25) is 5.02 Å². The topological polar surface area (TPSA) is 101 Å². The summed E-state index contributed by atoms with van der Waals surface area (Å²) < 4.78 is 0. The van der Waals surface area contributed by atoms with E-state index in [1.165, 1.54) is 18.2 Å². The summed E-state index contributed by atoms with van der Waals surface area (Å²) in [6.45, 7) is 0. The molecule has 22 heavy (non-hydrogen) atoms. The molecule has 2 heterocycles. The number of H-pyrrole nitrogens is 1. The van der Waals surface area contributed by atoms with E-state index in [1.807, 2.05) is 0 Å². The van der Waals surface area contributed by atoms with Gasteiger partial charge >= 0.3 is 0 Å². The number of hydrogen-bond donors (Lipinski definition) is 2. The van der Waals surface area contributed by atoms with E-state index in [0.717, 1.165) is 5.52 Å². The minimum atomic E-state index is -0.557. The summed E-state index contributed by atoms with van der Waals surface area (Å²) in [6, 6.07) is 8.97. The summed E-state index contributed by atoms with van der Waals surface area (Å²) in [7, 11) is 0. The van der Waals surface area contributed by atoms with Crippen LogP contribution in [0.25, 0.3) is 11.0 Å². The molecule has 0 atom stereocenters. The van der Waals surface area contributed by atoms with Crippen LogP contribution in [0.1, 0.15) is 10.5 Å². The van der Waals surface area contributed by atoms with Crippen LogP contribution in [0.4, 0.5) is 11.4 Å². The van der Waals surface area contributed by atoms with Crippen LogP contribution < -0.4 is 5.32 Å². The van der Waals surface area contributed by atoms with Gasteiger partial charge in [0.2, 0.25) is 0 Å². The Labute approximate surface area is 129 Å². The first-order valence-corrected chi connectivity index (χ1v) is 6.61. The number of carbonyl (C=O) groups is 1. The monoisotopic (exact) mass is 316 g/mol. The first-order valence-electron chi connectivity index (χ1n) is 6.23. The Hall–Kier alpha value is -2.93. The van der Waals surface area contributed by atoms with Crippen LogP contribution in [0, 0.1) is 10.1 Å². The van der Waals surface area contributed by atoms with Crippen LogP contribution >= 0.6 is 11.6 Å². The van der Waals surface area contributed by atoms with E-state index in [0.29, 0.717) is 5.52 Å². The Balaban J connectivity index is 1.90. The molecule has 0 unspecified atom stereocenters. The summed E-state index contributed by atoms with van der Waals surface area (Å²) in [4.78, 5) is 29.5. The molecule has 2 N–H and O–H groups in total. The van der Waals surface area contributed by atoms with E-state index in [9.17, 15) is 14.9 Å². The predicted molar refractivity (Wildman–Crippen MR) is 82.2 cm³/mol. The van der Waals surface area contributed by atoms with Crippen LogP contribution in [0.5, 0.6) is 0 Å². The van der Waals surface area contributed by atoms with Crippen molar-refractivity contribution in [3.05, 3.63) is 63.4 Å². The van der Waals surface area contributed by atoms with E-state index in [1.54, 1.807) is 24.4 Å². The fourth-order valence-electron chi connectivity index (χ4n) is 1.99. The fourth-order valence-corrected chi connectivity index (χ4v) is 2.16. The van der Waals surface area contributed by atoms with Gasteiger partial charge in [-0.05, 0) is 24.3 Å². The normalized spacial score (nSPS) is 10.6. The quantitative estimate of drug-likeness (QED) is 0.571. The Bertz CT molecular complexity index is 858. The lowest BCUT2D eigenvalue weighted by molar-refractivity contribution is -0.384. The summed E-state index contributed by atoms with van der Waals surface area (Å²) in [5, 5.41) is 13.5. The second-order valence-electron chi connectivity index (χ2n) is 4.49. The Morgan fingerprint density at radius 3 is 2.86 bits per heavy atom. The molecule has 0 bridgehead atoms. The number of hydrogen-bond acceptors (Lipinski definition) is 4. The lowest BCUT2D eigenvalue weighted by Gasteiger charge is -2.05. The maximum absolute atomic E-state index is 12.2. The summed E-state index contributed by atoms with van der Waals surface area (Å²) in [5.74, 6) is -0.458. The summed E-state index contributed by atoms with van der Waals surface area (Å²) in [6.07, 6.45) is 1.62. The molecule has 0 saturated carbocycles. The lowest BCUT2D eigenvalue weighted by atomic mass is 10.2. The minimum absolute atomic E-state index is 0.155. The van der Waals surface area contributed by atoms with E-state index >= 15 is 0 Å². The van der Waals surface area contributed by atoms with Gasteiger partial charge in [-0.3, -0.25) is 19.9 Å². The molecule has 0 radical (unpaired) electrons. The number of halogens is 1. The van der Waals surface area contributed by atoms with Gasteiger partial charge in [0.05, 0.1) is 26.7 Å². The minimum Gasteiger partial charge on any atom is -0.349 e. The number of benzene rings is 1. The predicted octanol–water partition coefficient (Wildman–Crippen LogP) is 3.38. The molecule has 1 amide bonds. The van der Waals surface area contributed by atoms with E-state index in [-0.39, 0.29) is 22.1 Å². The van der Waals surface area contributed by atoms with E-state index < -0.39 is 10.8 Å². The number of aromatic amines is 1. The van der Waals surface area contributed by atoms with E-state index in [2.05, 4.69) is 15.3 Å². The molecule has 0 spiro atoms. The number of nitro benzene ring substituents is 1. The van der Waals surface area contributed by atoms with Crippen molar-refractivity contribution in [3.8, 4) is 0 Å². The van der Waals surface area contributed by atoms with Crippen LogP contribution in [-0.4, -0.2) is 20.8 Å². The average Bonchev–Trinajstić information content (AvgIpc) is 2.93. The van der Waals surface area contributed by atoms with Gasteiger partial charge < -0.3 is 10.3 Å². The zero-order valence-corrected chi connectivity index (χ0v) is 11.8. The van der Waals surface area contributed by atoms with Crippen molar-refractivity contribution in [2.24, 2.45) is 0 Å². The van der Waals surface area contributed by atoms with Gasteiger partial charge in [0.15, 0.2) is 0 Å². The standard InChI is InChI=1S/C14H9ClN4O3/c15-9-4-3-8(19(21)22)6-11(9)18-14(20)13-7-12-10(17-13)2-1-5-16-12/h1-7,17H,(H,18,20). The largest absolute Gasteiger partial charge is 0.349 e.